The van der Waals surface area contributed by atoms with E-state index in [1.54, 1.807) is 7.05 Å². The number of hydrogen-bond acceptors (Lipinski definition) is 5. The van der Waals surface area contributed by atoms with Gasteiger partial charge < -0.3 is 25.0 Å². The monoisotopic (exact) mass is 425 g/mol. The number of ether oxygens (including phenoxy) is 2. The largest absolute Gasteiger partial charge is 0.488 e. The molecule has 1 aromatic heterocycles. The van der Waals surface area contributed by atoms with Crippen LogP contribution in [0.25, 0.3) is 0 Å². The molecule has 0 radical (unpaired) electrons. The van der Waals surface area contributed by atoms with E-state index in [9.17, 15) is 0 Å². The summed E-state index contributed by atoms with van der Waals surface area (Å²) in [5.74, 6) is 2.61. The third-order valence-electron chi connectivity index (χ3n) is 4.89. The van der Waals surface area contributed by atoms with Crippen molar-refractivity contribution in [3.8, 4) is 5.75 Å². The van der Waals surface area contributed by atoms with E-state index < -0.39 is 0 Å². The van der Waals surface area contributed by atoms with Gasteiger partial charge in [-0.15, -0.1) is 0 Å². The molecule has 168 valence electrons. The van der Waals surface area contributed by atoms with Crippen LogP contribution in [0, 0.1) is 0 Å². The molecule has 31 heavy (non-hydrogen) atoms. The Labute approximate surface area is 185 Å². The molecule has 0 amide bonds. The van der Waals surface area contributed by atoms with Gasteiger partial charge in [0.25, 0.3) is 0 Å². The number of nitrogens with one attached hydrogen (secondary N) is 2. The molecule has 0 saturated carbocycles. The lowest BCUT2D eigenvalue weighted by molar-refractivity contribution is 0.0529. The second-order valence-electron chi connectivity index (χ2n) is 8.75. The highest BCUT2D eigenvalue weighted by Gasteiger charge is 2.18. The molecular weight excluding hydrogens is 390 g/mol. The summed E-state index contributed by atoms with van der Waals surface area (Å²) in [7, 11) is 1.77. The Bertz CT molecular complexity index is 861. The standard InChI is InChI=1S/C24H35N5O2/c1-18-17-29(12-13-30-18)22-11-10-19(14-26-22)15-27-23(25-5)28-16-20-8-6-7-9-21(20)31-24(2,3)4/h6-11,14,18H,12-13,15-17H2,1-5H3,(H2,25,27,28). The summed E-state index contributed by atoms with van der Waals surface area (Å²) in [6, 6.07) is 12.3. The Morgan fingerprint density at radius 2 is 1.97 bits per heavy atom. The minimum Gasteiger partial charge on any atom is -0.488 e. The Morgan fingerprint density at radius 1 is 1.19 bits per heavy atom. The van der Waals surface area contributed by atoms with Gasteiger partial charge in [0.1, 0.15) is 17.2 Å². The van der Waals surface area contributed by atoms with Crippen molar-refractivity contribution < 1.29 is 9.47 Å². The van der Waals surface area contributed by atoms with Crippen LogP contribution >= 0.6 is 0 Å². The van der Waals surface area contributed by atoms with E-state index in [4.69, 9.17) is 9.47 Å². The summed E-state index contributed by atoms with van der Waals surface area (Å²) in [6.07, 6.45) is 2.16. The number of morpholine rings is 1. The fourth-order valence-electron chi connectivity index (χ4n) is 3.40. The van der Waals surface area contributed by atoms with Crippen molar-refractivity contribution in [1.29, 1.82) is 0 Å². The summed E-state index contributed by atoms with van der Waals surface area (Å²) < 4.78 is 11.7. The Balaban J connectivity index is 1.52. The maximum absolute atomic E-state index is 6.08. The number of para-hydroxylation sites is 1. The number of aliphatic imine (C=N–C) groups is 1. The topological polar surface area (TPSA) is 71.0 Å². The number of guanidine groups is 1. The van der Waals surface area contributed by atoms with Crippen molar-refractivity contribution in [2.75, 3.05) is 31.6 Å². The van der Waals surface area contributed by atoms with Gasteiger partial charge in [0.2, 0.25) is 0 Å². The molecule has 7 nitrogen and oxygen atoms in total. The van der Waals surface area contributed by atoms with E-state index in [1.165, 1.54) is 0 Å². The summed E-state index contributed by atoms with van der Waals surface area (Å²) in [4.78, 5) is 11.2. The van der Waals surface area contributed by atoms with Crippen LogP contribution in [0.1, 0.15) is 38.8 Å². The Hall–Kier alpha value is -2.80. The maximum atomic E-state index is 6.08. The zero-order valence-corrected chi connectivity index (χ0v) is 19.3. The Morgan fingerprint density at radius 3 is 2.65 bits per heavy atom. The summed E-state index contributed by atoms with van der Waals surface area (Å²) in [5, 5.41) is 6.72. The van der Waals surface area contributed by atoms with Crippen LogP contribution in [0.2, 0.25) is 0 Å². The fourth-order valence-corrected chi connectivity index (χ4v) is 3.40. The average molecular weight is 426 g/mol. The highest BCUT2D eigenvalue weighted by Crippen LogP contribution is 2.22. The van der Waals surface area contributed by atoms with E-state index >= 15 is 0 Å². The van der Waals surface area contributed by atoms with Crippen LogP contribution in [-0.2, 0) is 17.8 Å². The molecule has 2 N–H and O–H groups in total. The second-order valence-corrected chi connectivity index (χ2v) is 8.75. The first kappa shape index (κ1) is 22.9. The highest BCUT2D eigenvalue weighted by molar-refractivity contribution is 5.79. The highest BCUT2D eigenvalue weighted by atomic mass is 16.5. The first-order chi connectivity index (χ1) is 14.8. The van der Waals surface area contributed by atoms with Crippen LogP contribution in [0.15, 0.2) is 47.6 Å². The van der Waals surface area contributed by atoms with E-state index in [-0.39, 0.29) is 11.7 Å². The van der Waals surface area contributed by atoms with Crippen LogP contribution in [-0.4, -0.2) is 49.4 Å². The molecule has 3 rings (SSSR count). The molecule has 7 heteroatoms. The third kappa shape index (κ3) is 7.14. The van der Waals surface area contributed by atoms with Gasteiger partial charge in [-0.05, 0) is 45.4 Å². The maximum Gasteiger partial charge on any atom is 0.191 e. The zero-order chi connectivity index (χ0) is 22.3. The van der Waals surface area contributed by atoms with Crippen LogP contribution in [0.4, 0.5) is 5.82 Å². The molecule has 1 fully saturated rings. The van der Waals surface area contributed by atoms with Crippen molar-refractivity contribution in [1.82, 2.24) is 15.6 Å². The first-order valence-corrected chi connectivity index (χ1v) is 10.9. The van der Waals surface area contributed by atoms with Gasteiger partial charge in [-0.25, -0.2) is 4.98 Å². The van der Waals surface area contributed by atoms with E-state index in [2.05, 4.69) is 71.4 Å². The normalized spacial score (nSPS) is 17.4. The molecular formula is C24H35N5O2. The van der Waals surface area contributed by atoms with Gasteiger partial charge >= 0.3 is 0 Å². The smallest absolute Gasteiger partial charge is 0.191 e. The second kappa shape index (κ2) is 10.5. The number of rotatable bonds is 6. The lowest BCUT2D eigenvalue weighted by Crippen LogP contribution is -2.41. The van der Waals surface area contributed by atoms with E-state index in [0.29, 0.717) is 13.1 Å². The predicted octanol–water partition coefficient (Wildman–Crippen LogP) is 3.35. The fraction of sp³-hybridized carbons (Fsp3) is 0.500. The molecule has 1 aliphatic rings. The molecule has 1 atom stereocenters. The molecule has 0 spiro atoms. The predicted molar refractivity (Wildman–Crippen MR) is 126 cm³/mol. The van der Waals surface area contributed by atoms with Crippen molar-refractivity contribution in [2.24, 2.45) is 4.99 Å². The molecule has 1 aromatic carbocycles. The van der Waals surface area contributed by atoms with Crippen LogP contribution < -0.4 is 20.3 Å². The SMILES string of the molecule is CN=C(NCc1ccc(N2CCOC(C)C2)nc1)NCc1ccccc1OC(C)(C)C. The number of pyridine rings is 1. The summed E-state index contributed by atoms with van der Waals surface area (Å²) in [5.41, 5.74) is 1.95. The number of benzene rings is 1. The van der Waals surface area contributed by atoms with Gasteiger partial charge in [-0.1, -0.05) is 24.3 Å². The van der Waals surface area contributed by atoms with Crippen LogP contribution in [0.3, 0.4) is 0 Å². The van der Waals surface area contributed by atoms with Crippen molar-refractivity contribution in [3.63, 3.8) is 0 Å². The third-order valence-corrected chi connectivity index (χ3v) is 4.89. The van der Waals surface area contributed by atoms with E-state index in [1.807, 2.05) is 24.4 Å². The average Bonchev–Trinajstić information content (AvgIpc) is 2.74. The molecule has 2 aromatic rings. The molecule has 0 aliphatic carbocycles. The summed E-state index contributed by atoms with van der Waals surface area (Å²) >= 11 is 0. The van der Waals surface area contributed by atoms with Crippen LogP contribution in [0.5, 0.6) is 5.75 Å². The van der Waals surface area contributed by atoms with Gasteiger partial charge in [0.15, 0.2) is 5.96 Å². The van der Waals surface area contributed by atoms with E-state index in [0.717, 1.165) is 48.4 Å². The van der Waals surface area contributed by atoms with Crippen molar-refractivity contribution in [3.05, 3.63) is 53.7 Å². The molecule has 1 unspecified atom stereocenters. The summed E-state index contributed by atoms with van der Waals surface area (Å²) in [6.45, 7) is 12.0. The lowest BCUT2D eigenvalue weighted by atomic mass is 10.1. The van der Waals surface area contributed by atoms with Gasteiger partial charge in [0, 0.05) is 45.0 Å². The van der Waals surface area contributed by atoms with Gasteiger partial charge in [0.05, 0.1) is 12.7 Å². The minimum absolute atomic E-state index is 0.241. The van der Waals surface area contributed by atoms with Gasteiger partial charge in [-0.3, -0.25) is 4.99 Å². The lowest BCUT2D eigenvalue weighted by Gasteiger charge is -2.32. The number of anilines is 1. The molecule has 1 saturated heterocycles. The number of nitrogens with zero attached hydrogens (tertiary/aromatic N) is 3. The zero-order valence-electron chi connectivity index (χ0n) is 19.3. The quantitative estimate of drug-likeness (QED) is 0.546. The minimum atomic E-state index is -0.242. The number of hydrogen-bond donors (Lipinski definition) is 2. The molecule has 2 heterocycles. The molecule has 1 aliphatic heterocycles. The van der Waals surface area contributed by atoms with Gasteiger partial charge in [-0.2, -0.15) is 0 Å². The van der Waals surface area contributed by atoms with Crippen molar-refractivity contribution >= 4 is 11.8 Å². The molecule has 0 bridgehead atoms. The van der Waals surface area contributed by atoms with Crippen molar-refractivity contribution in [2.45, 2.75) is 52.5 Å². The number of aromatic nitrogens is 1. The first-order valence-electron chi connectivity index (χ1n) is 10.9. The Kier molecular flexibility index (Phi) is 7.74.